The summed E-state index contributed by atoms with van der Waals surface area (Å²) < 4.78 is 42.2. The number of nitrogens with two attached hydrogens (primary N) is 1. The summed E-state index contributed by atoms with van der Waals surface area (Å²) in [6.45, 7) is 3.73. The SMILES string of the molecule is NC1CCOCC1CN1CCN(CC(F)(F)F)CC1. The fourth-order valence-electron chi connectivity index (χ4n) is 2.72. The summed E-state index contributed by atoms with van der Waals surface area (Å²) in [5, 5.41) is 0. The Bertz CT molecular complexity index is 280. The third-order valence-electron chi connectivity index (χ3n) is 3.89. The predicted molar refractivity (Wildman–Crippen MR) is 65.8 cm³/mol. The van der Waals surface area contributed by atoms with E-state index in [1.165, 1.54) is 4.90 Å². The van der Waals surface area contributed by atoms with Gasteiger partial charge < -0.3 is 15.4 Å². The molecule has 0 aromatic rings. The lowest BCUT2D eigenvalue weighted by atomic mass is 9.96. The van der Waals surface area contributed by atoms with Gasteiger partial charge in [-0.05, 0) is 6.42 Å². The van der Waals surface area contributed by atoms with Gasteiger partial charge in [-0.2, -0.15) is 13.2 Å². The van der Waals surface area contributed by atoms with E-state index in [1.54, 1.807) is 0 Å². The summed E-state index contributed by atoms with van der Waals surface area (Å²) in [6, 6.07) is 0.155. The lowest BCUT2D eigenvalue weighted by Crippen LogP contribution is -2.52. The summed E-state index contributed by atoms with van der Waals surface area (Å²) >= 11 is 0. The first-order valence-corrected chi connectivity index (χ1v) is 6.79. The number of halogens is 3. The molecule has 2 aliphatic heterocycles. The number of alkyl halides is 3. The van der Waals surface area contributed by atoms with E-state index < -0.39 is 12.7 Å². The maximum absolute atomic E-state index is 12.3. The molecule has 112 valence electrons. The average Bonchev–Trinajstić information content (AvgIpc) is 2.33. The second kappa shape index (κ2) is 6.39. The Labute approximate surface area is 111 Å². The van der Waals surface area contributed by atoms with Crippen molar-refractivity contribution in [2.24, 2.45) is 11.7 Å². The van der Waals surface area contributed by atoms with Crippen molar-refractivity contribution in [2.75, 3.05) is 52.5 Å². The molecule has 0 aliphatic carbocycles. The standard InChI is InChI=1S/C12H22F3N3O/c13-12(14,15)9-18-4-2-17(3-5-18)7-10-8-19-6-1-11(10)16/h10-11H,1-9,16H2. The first-order valence-electron chi connectivity index (χ1n) is 6.79. The van der Waals surface area contributed by atoms with Crippen molar-refractivity contribution in [1.82, 2.24) is 9.80 Å². The van der Waals surface area contributed by atoms with Crippen LogP contribution in [0.25, 0.3) is 0 Å². The first-order chi connectivity index (χ1) is 8.94. The van der Waals surface area contributed by atoms with Crippen molar-refractivity contribution in [3.05, 3.63) is 0 Å². The zero-order valence-electron chi connectivity index (χ0n) is 11.0. The summed E-state index contributed by atoms with van der Waals surface area (Å²) in [7, 11) is 0. The van der Waals surface area contributed by atoms with E-state index in [0.29, 0.717) is 38.7 Å². The summed E-state index contributed by atoms with van der Waals surface area (Å²) in [5.74, 6) is 0.308. The van der Waals surface area contributed by atoms with E-state index in [1.807, 2.05) is 0 Å². The van der Waals surface area contributed by atoms with Crippen LogP contribution in [0.4, 0.5) is 13.2 Å². The molecule has 2 unspecified atom stereocenters. The Morgan fingerprint density at radius 1 is 1.11 bits per heavy atom. The van der Waals surface area contributed by atoms with Crippen LogP contribution in [-0.4, -0.2) is 74.5 Å². The van der Waals surface area contributed by atoms with Gasteiger partial charge in [0.15, 0.2) is 0 Å². The number of piperazine rings is 1. The zero-order chi connectivity index (χ0) is 13.9. The summed E-state index contributed by atoms with van der Waals surface area (Å²) in [4.78, 5) is 3.67. The minimum Gasteiger partial charge on any atom is -0.381 e. The van der Waals surface area contributed by atoms with Gasteiger partial charge in [-0.3, -0.25) is 4.90 Å². The normalized spacial score (nSPS) is 31.6. The van der Waals surface area contributed by atoms with Crippen LogP contribution in [0.1, 0.15) is 6.42 Å². The summed E-state index contributed by atoms with van der Waals surface area (Å²) in [5.41, 5.74) is 6.04. The molecule has 2 aliphatic rings. The van der Waals surface area contributed by atoms with E-state index in [9.17, 15) is 13.2 Å². The highest BCUT2D eigenvalue weighted by Gasteiger charge is 2.33. The molecule has 2 saturated heterocycles. The minimum absolute atomic E-state index is 0.155. The third kappa shape index (κ3) is 4.91. The van der Waals surface area contributed by atoms with Crippen LogP contribution in [0, 0.1) is 5.92 Å². The van der Waals surface area contributed by atoms with Crippen molar-refractivity contribution in [1.29, 1.82) is 0 Å². The van der Waals surface area contributed by atoms with Gasteiger partial charge in [0.25, 0.3) is 0 Å². The molecule has 0 radical (unpaired) electrons. The second-order valence-corrected chi connectivity index (χ2v) is 5.48. The predicted octanol–water partition coefficient (Wildman–Crippen LogP) is 0.530. The first kappa shape index (κ1) is 15.0. The number of hydrogen-bond acceptors (Lipinski definition) is 4. The lowest BCUT2D eigenvalue weighted by Gasteiger charge is -2.38. The van der Waals surface area contributed by atoms with Crippen LogP contribution in [0.15, 0.2) is 0 Å². The molecule has 0 saturated carbocycles. The van der Waals surface area contributed by atoms with Gasteiger partial charge in [-0.25, -0.2) is 0 Å². The molecule has 2 heterocycles. The maximum Gasteiger partial charge on any atom is 0.401 e. The van der Waals surface area contributed by atoms with Gasteiger partial charge in [0.2, 0.25) is 0 Å². The fraction of sp³-hybridized carbons (Fsp3) is 1.00. The third-order valence-corrected chi connectivity index (χ3v) is 3.89. The molecule has 2 fully saturated rings. The van der Waals surface area contributed by atoms with E-state index in [0.717, 1.165) is 19.6 Å². The van der Waals surface area contributed by atoms with E-state index in [2.05, 4.69) is 4.90 Å². The van der Waals surface area contributed by atoms with Crippen molar-refractivity contribution >= 4 is 0 Å². The minimum atomic E-state index is -4.10. The van der Waals surface area contributed by atoms with Gasteiger partial charge >= 0.3 is 6.18 Å². The molecule has 0 aromatic carbocycles. The summed E-state index contributed by atoms with van der Waals surface area (Å²) in [6.07, 6.45) is -3.22. The Morgan fingerprint density at radius 3 is 2.32 bits per heavy atom. The van der Waals surface area contributed by atoms with Crippen molar-refractivity contribution < 1.29 is 17.9 Å². The van der Waals surface area contributed by atoms with Crippen LogP contribution in [0.3, 0.4) is 0 Å². The quantitative estimate of drug-likeness (QED) is 0.819. The molecule has 0 spiro atoms. The molecule has 2 rings (SSSR count). The number of nitrogens with zero attached hydrogens (tertiary/aromatic N) is 2. The monoisotopic (exact) mass is 281 g/mol. The van der Waals surface area contributed by atoms with Crippen LogP contribution in [0.5, 0.6) is 0 Å². The molecule has 0 bridgehead atoms. The Kier molecular flexibility index (Phi) is 5.05. The molecular weight excluding hydrogens is 259 g/mol. The Hall–Kier alpha value is -0.370. The molecule has 2 atom stereocenters. The lowest BCUT2D eigenvalue weighted by molar-refractivity contribution is -0.149. The van der Waals surface area contributed by atoms with E-state index in [-0.39, 0.29) is 6.04 Å². The maximum atomic E-state index is 12.3. The van der Waals surface area contributed by atoms with Gasteiger partial charge in [-0.1, -0.05) is 0 Å². The topological polar surface area (TPSA) is 41.7 Å². The highest BCUT2D eigenvalue weighted by atomic mass is 19.4. The van der Waals surface area contributed by atoms with Crippen LogP contribution < -0.4 is 5.73 Å². The van der Waals surface area contributed by atoms with Crippen LogP contribution in [-0.2, 0) is 4.74 Å². The highest BCUT2D eigenvalue weighted by Crippen LogP contribution is 2.19. The van der Waals surface area contributed by atoms with Gasteiger partial charge in [0.1, 0.15) is 0 Å². The van der Waals surface area contributed by atoms with Gasteiger partial charge in [-0.15, -0.1) is 0 Å². The van der Waals surface area contributed by atoms with Crippen molar-refractivity contribution in [3.63, 3.8) is 0 Å². The fourth-order valence-corrected chi connectivity index (χ4v) is 2.72. The highest BCUT2D eigenvalue weighted by molar-refractivity contribution is 4.82. The molecule has 0 amide bonds. The number of hydrogen-bond donors (Lipinski definition) is 1. The molecule has 19 heavy (non-hydrogen) atoms. The average molecular weight is 281 g/mol. The molecule has 4 nitrogen and oxygen atoms in total. The van der Waals surface area contributed by atoms with Gasteiger partial charge in [0.05, 0.1) is 13.2 Å². The van der Waals surface area contributed by atoms with Crippen molar-refractivity contribution in [2.45, 2.75) is 18.6 Å². The largest absolute Gasteiger partial charge is 0.401 e. The Morgan fingerprint density at radius 2 is 1.74 bits per heavy atom. The van der Waals surface area contributed by atoms with E-state index >= 15 is 0 Å². The Balaban J connectivity index is 1.71. The van der Waals surface area contributed by atoms with E-state index in [4.69, 9.17) is 10.5 Å². The molecule has 0 aromatic heterocycles. The van der Waals surface area contributed by atoms with Crippen LogP contribution >= 0.6 is 0 Å². The number of rotatable bonds is 3. The van der Waals surface area contributed by atoms with Gasteiger partial charge in [0, 0.05) is 51.3 Å². The van der Waals surface area contributed by atoms with Crippen LogP contribution in [0.2, 0.25) is 0 Å². The smallest absolute Gasteiger partial charge is 0.381 e. The molecular formula is C12H22F3N3O. The zero-order valence-corrected chi connectivity index (χ0v) is 11.0. The molecule has 7 heteroatoms. The molecule has 2 N–H and O–H groups in total. The number of ether oxygens (including phenoxy) is 1. The second-order valence-electron chi connectivity index (χ2n) is 5.48. The van der Waals surface area contributed by atoms with Crippen molar-refractivity contribution in [3.8, 4) is 0 Å².